The van der Waals surface area contributed by atoms with Gasteiger partial charge in [0.25, 0.3) is 0 Å². The van der Waals surface area contributed by atoms with Crippen molar-refractivity contribution in [3.8, 4) is 0 Å². The van der Waals surface area contributed by atoms with Gasteiger partial charge in [-0.3, -0.25) is 9.59 Å². The van der Waals surface area contributed by atoms with Gasteiger partial charge in [-0.05, 0) is 13.8 Å². The molecule has 0 N–H and O–H groups in total. The van der Waals surface area contributed by atoms with Gasteiger partial charge in [0.2, 0.25) is 5.91 Å². The molecule has 1 saturated heterocycles. The highest BCUT2D eigenvalue weighted by Gasteiger charge is 2.31. The first-order chi connectivity index (χ1) is 9.06. The van der Waals surface area contributed by atoms with Crippen LogP contribution >= 0.6 is 11.8 Å². The summed E-state index contributed by atoms with van der Waals surface area (Å²) < 4.78 is 10.9. The third-order valence-corrected chi connectivity index (χ3v) is 3.83. The Labute approximate surface area is 119 Å². The molecule has 0 aromatic rings. The molecule has 0 aromatic heterocycles. The first-order valence-electron chi connectivity index (χ1n) is 6.75. The summed E-state index contributed by atoms with van der Waals surface area (Å²) in [6, 6.07) is 0. The van der Waals surface area contributed by atoms with E-state index in [1.54, 1.807) is 4.90 Å². The smallest absolute Gasteiger partial charge is 0.223 e. The lowest BCUT2D eigenvalue weighted by Crippen LogP contribution is -2.31. The number of carbonyl (C=O) groups excluding carboxylic acids is 2. The summed E-state index contributed by atoms with van der Waals surface area (Å²) in [5, 5.41) is 0.170. The van der Waals surface area contributed by atoms with Crippen LogP contribution in [0.3, 0.4) is 0 Å². The maximum Gasteiger partial charge on any atom is 0.223 e. The fourth-order valence-electron chi connectivity index (χ4n) is 2.11. The van der Waals surface area contributed by atoms with Gasteiger partial charge >= 0.3 is 0 Å². The van der Waals surface area contributed by atoms with E-state index >= 15 is 0 Å². The van der Waals surface area contributed by atoms with Crippen LogP contribution in [0.15, 0.2) is 0 Å². The Kier molecular flexibility index (Phi) is 7.41. The molecule has 0 bridgehead atoms. The van der Waals surface area contributed by atoms with E-state index in [-0.39, 0.29) is 22.6 Å². The van der Waals surface area contributed by atoms with Gasteiger partial charge in [0.15, 0.2) is 11.4 Å². The minimum atomic E-state index is -0.248. The van der Waals surface area contributed by atoms with Crippen molar-refractivity contribution < 1.29 is 19.1 Å². The Hall–Kier alpha value is -0.590. The predicted octanol–water partition coefficient (Wildman–Crippen LogP) is 1.66. The van der Waals surface area contributed by atoms with E-state index in [2.05, 4.69) is 0 Å². The zero-order valence-electron chi connectivity index (χ0n) is 11.9. The molecule has 1 atom stereocenters. The largest absolute Gasteiger partial charge is 0.353 e. The Morgan fingerprint density at radius 2 is 2.05 bits per heavy atom. The van der Waals surface area contributed by atoms with Crippen molar-refractivity contribution in [3.05, 3.63) is 0 Å². The van der Waals surface area contributed by atoms with E-state index in [1.165, 1.54) is 18.7 Å². The molecule has 1 aliphatic rings. The molecule has 0 saturated carbocycles. The molecule has 1 rings (SSSR count). The van der Waals surface area contributed by atoms with E-state index in [4.69, 9.17) is 9.47 Å². The van der Waals surface area contributed by atoms with Gasteiger partial charge in [-0.2, -0.15) is 0 Å². The molecular formula is C13H23NO4S. The standard InChI is InChI=1S/C13H23NO4S/c1-4-17-13(18-5-2)6-7-14-9-11(8-12(14)16)19-10(3)15/h11,13H,4-9H2,1-3H3. The van der Waals surface area contributed by atoms with Crippen molar-refractivity contribution >= 4 is 22.8 Å². The van der Waals surface area contributed by atoms with Gasteiger partial charge < -0.3 is 14.4 Å². The molecule has 0 aromatic carbocycles. The monoisotopic (exact) mass is 289 g/mol. The zero-order valence-corrected chi connectivity index (χ0v) is 12.7. The summed E-state index contributed by atoms with van der Waals surface area (Å²) >= 11 is 1.26. The van der Waals surface area contributed by atoms with Crippen LogP contribution in [0.2, 0.25) is 0 Å². The molecular weight excluding hydrogens is 266 g/mol. The molecule has 1 heterocycles. The van der Waals surface area contributed by atoms with Gasteiger partial charge in [0, 0.05) is 51.3 Å². The second-order valence-electron chi connectivity index (χ2n) is 4.40. The van der Waals surface area contributed by atoms with Crippen molar-refractivity contribution in [3.63, 3.8) is 0 Å². The lowest BCUT2D eigenvalue weighted by Gasteiger charge is -2.21. The summed E-state index contributed by atoms with van der Waals surface area (Å²) in [4.78, 5) is 24.7. The SMILES string of the molecule is CCOC(CCN1CC(SC(C)=O)CC1=O)OCC. The maximum atomic E-state index is 11.8. The summed E-state index contributed by atoms with van der Waals surface area (Å²) in [5.41, 5.74) is 0. The Bertz CT molecular complexity index is 305. The van der Waals surface area contributed by atoms with E-state index in [0.29, 0.717) is 39.1 Å². The zero-order chi connectivity index (χ0) is 14.3. The number of likely N-dealkylation sites (tertiary alicyclic amines) is 1. The number of carbonyl (C=O) groups is 2. The molecule has 0 spiro atoms. The summed E-state index contributed by atoms with van der Waals surface area (Å²) in [7, 11) is 0. The molecule has 1 aliphatic heterocycles. The second kappa shape index (κ2) is 8.55. The van der Waals surface area contributed by atoms with Gasteiger partial charge in [-0.25, -0.2) is 0 Å². The van der Waals surface area contributed by atoms with Crippen molar-refractivity contribution in [2.24, 2.45) is 0 Å². The maximum absolute atomic E-state index is 11.8. The number of hydrogen-bond acceptors (Lipinski definition) is 5. The van der Waals surface area contributed by atoms with Gasteiger partial charge in [0.05, 0.1) is 0 Å². The predicted molar refractivity (Wildman–Crippen MR) is 74.9 cm³/mol. The molecule has 1 amide bonds. The van der Waals surface area contributed by atoms with E-state index in [0.717, 1.165) is 0 Å². The van der Waals surface area contributed by atoms with Crippen molar-refractivity contribution in [2.45, 2.75) is 45.2 Å². The highest BCUT2D eigenvalue weighted by molar-refractivity contribution is 8.14. The second-order valence-corrected chi connectivity index (χ2v) is 5.88. The first-order valence-corrected chi connectivity index (χ1v) is 7.63. The third-order valence-electron chi connectivity index (χ3n) is 2.85. The van der Waals surface area contributed by atoms with Crippen LogP contribution in [0.1, 0.15) is 33.6 Å². The topological polar surface area (TPSA) is 55.8 Å². The van der Waals surface area contributed by atoms with Crippen LogP contribution in [0, 0.1) is 0 Å². The molecule has 19 heavy (non-hydrogen) atoms. The van der Waals surface area contributed by atoms with Crippen LogP contribution in [0.5, 0.6) is 0 Å². The van der Waals surface area contributed by atoms with Gasteiger partial charge in [-0.1, -0.05) is 11.8 Å². The minimum absolute atomic E-state index is 0.0705. The normalized spacial score (nSPS) is 19.5. The van der Waals surface area contributed by atoms with Crippen LogP contribution in [-0.4, -0.2) is 53.8 Å². The number of nitrogens with zero attached hydrogens (tertiary/aromatic N) is 1. The van der Waals surface area contributed by atoms with Gasteiger partial charge in [-0.15, -0.1) is 0 Å². The molecule has 6 heteroatoms. The number of hydrogen-bond donors (Lipinski definition) is 0. The molecule has 0 radical (unpaired) electrons. The number of ether oxygens (including phenoxy) is 2. The summed E-state index contributed by atoms with van der Waals surface area (Å²) in [5.74, 6) is 0.116. The number of thioether (sulfide) groups is 1. The minimum Gasteiger partial charge on any atom is -0.353 e. The van der Waals surface area contributed by atoms with E-state index in [9.17, 15) is 9.59 Å². The fraction of sp³-hybridized carbons (Fsp3) is 0.846. The summed E-state index contributed by atoms with van der Waals surface area (Å²) in [6.07, 6.45) is 0.880. The Morgan fingerprint density at radius 3 is 2.58 bits per heavy atom. The molecule has 110 valence electrons. The van der Waals surface area contributed by atoms with Crippen LogP contribution in [0.25, 0.3) is 0 Å². The molecule has 5 nitrogen and oxygen atoms in total. The quantitative estimate of drug-likeness (QED) is 0.636. The average Bonchev–Trinajstić information content (AvgIpc) is 2.66. The lowest BCUT2D eigenvalue weighted by atomic mass is 10.3. The first kappa shape index (κ1) is 16.5. The average molecular weight is 289 g/mol. The number of amides is 1. The highest BCUT2D eigenvalue weighted by Crippen LogP contribution is 2.24. The van der Waals surface area contributed by atoms with E-state index in [1.807, 2.05) is 13.8 Å². The third kappa shape index (κ3) is 5.93. The molecule has 0 aliphatic carbocycles. The van der Waals surface area contributed by atoms with Crippen LogP contribution in [0.4, 0.5) is 0 Å². The Balaban J connectivity index is 2.35. The van der Waals surface area contributed by atoms with Crippen molar-refractivity contribution in [1.29, 1.82) is 0 Å². The van der Waals surface area contributed by atoms with Crippen molar-refractivity contribution in [2.75, 3.05) is 26.3 Å². The van der Waals surface area contributed by atoms with E-state index < -0.39 is 0 Å². The number of rotatable bonds is 8. The molecule has 1 fully saturated rings. The highest BCUT2D eigenvalue weighted by atomic mass is 32.2. The fourth-order valence-corrected chi connectivity index (χ4v) is 3.06. The lowest BCUT2D eigenvalue weighted by molar-refractivity contribution is -0.144. The molecule has 1 unspecified atom stereocenters. The Morgan fingerprint density at radius 1 is 1.42 bits per heavy atom. The van der Waals surface area contributed by atoms with Crippen LogP contribution < -0.4 is 0 Å². The summed E-state index contributed by atoms with van der Waals surface area (Å²) in [6.45, 7) is 7.85. The van der Waals surface area contributed by atoms with Crippen molar-refractivity contribution in [1.82, 2.24) is 4.90 Å². The van der Waals surface area contributed by atoms with Crippen LogP contribution in [-0.2, 0) is 19.1 Å². The van der Waals surface area contributed by atoms with Gasteiger partial charge in [0.1, 0.15) is 0 Å².